The highest BCUT2D eigenvalue weighted by Gasteiger charge is 2.14. The minimum Gasteiger partial charge on any atom is -0.460 e. The number of rotatable bonds is 7. The molecule has 0 aliphatic rings. The Morgan fingerprint density at radius 1 is 1.62 bits per heavy atom. The second-order valence-corrected chi connectivity index (χ2v) is 3.77. The molecule has 16 heavy (non-hydrogen) atoms. The van der Waals surface area contributed by atoms with Crippen molar-refractivity contribution >= 4 is 21.1 Å². The maximum atomic E-state index is 11.3. The second-order valence-electron chi connectivity index (χ2n) is 3.15. The summed E-state index contributed by atoms with van der Waals surface area (Å²) in [4.78, 5) is 22.5. The first kappa shape index (κ1) is 13.4. The van der Waals surface area contributed by atoms with Gasteiger partial charge in [0.2, 0.25) is 5.91 Å². The third kappa shape index (κ3) is 8.59. The molecule has 3 unspecified atom stereocenters. The van der Waals surface area contributed by atoms with Crippen molar-refractivity contribution in [1.29, 1.82) is 0 Å². The minimum atomic E-state index is -1.61. The van der Waals surface area contributed by atoms with Crippen LogP contribution in [-0.4, -0.2) is 37.1 Å². The molecule has 0 bridgehead atoms. The maximum Gasteiger partial charge on any atom is 0.332 e. The number of nitrogens with one attached hydrogen (secondary N) is 1. The predicted molar refractivity (Wildman–Crippen MR) is 62.5 cm³/mol. The Kier molecular flexibility index (Phi) is 7.05. The second kappa shape index (κ2) is 8.44. The van der Waals surface area contributed by atoms with Crippen LogP contribution in [0.5, 0.6) is 0 Å². The van der Waals surface area contributed by atoms with E-state index in [1.54, 1.807) is 13.8 Å². The zero-order valence-corrected chi connectivity index (χ0v) is 10.6. The Balaban J connectivity index is 3.89. The third-order valence-electron chi connectivity index (χ3n) is 1.51. The van der Waals surface area contributed by atoms with Crippen LogP contribution in [0.4, 0.5) is 0 Å². The zero-order valence-electron chi connectivity index (χ0n) is 10.5. The summed E-state index contributed by atoms with van der Waals surface area (Å²) in [6.45, 7) is 3.63. The fourth-order valence-electron chi connectivity index (χ4n) is 0.959. The molecule has 3 atom stereocenters. The van der Waals surface area contributed by atoms with Gasteiger partial charge in [-0.1, -0.05) is 9.24 Å². The van der Waals surface area contributed by atoms with Crippen molar-refractivity contribution in [2.75, 3.05) is 13.2 Å². The molecular weight excluding hydrogens is 231 g/mol. The summed E-state index contributed by atoms with van der Waals surface area (Å²) in [6.07, 6.45) is -0.639. The highest BCUT2D eigenvalue weighted by atomic mass is 31.0. The van der Waals surface area contributed by atoms with Gasteiger partial charge in [0.15, 0.2) is 0 Å². The average Bonchev–Trinajstić information content (AvgIpc) is 2.10. The summed E-state index contributed by atoms with van der Waals surface area (Å²) < 4.78 is 17.0. The summed E-state index contributed by atoms with van der Waals surface area (Å²) in [5.41, 5.74) is 5.25. The average molecular weight is 251 g/mol. The topological polar surface area (TPSA) is 90.6 Å². The number of esters is 1. The molecule has 0 saturated heterocycles. The SMILES string of the molecule is [2H]C(N)(P)NC(=O)CC(C)OC(=O)COCC. The van der Waals surface area contributed by atoms with Crippen molar-refractivity contribution < 1.29 is 20.4 Å². The zero-order chi connectivity index (χ0) is 13.5. The lowest BCUT2D eigenvalue weighted by Crippen LogP contribution is -2.38. The van der Waals surface area contributed by atoms with E-state index in [0.717, 1.165) is 0 Å². The van der Waals surface area contributed by atoms with Crippen LogP contribution in [0.2, 0.25) is 0 Å². The van der Waals surface area contributed by atoms with E-state index in [1.165, 1.54) is 0 Å². The van der Waals surface area contributed by atoms with Gasteiger partial charge < -0.3 is 20.5 Å². The monoisotopic (exact) mass is 251 g/mol. The fraction of sp³-hybridized carbons (Fsp3) is 0.778. The number of ether oxygens (including phenoxy) is 2. The molecule has 6 nitrogen and oxygen atoms in total. The molecule has 0 spiro atoms. The van der Waals surface area contributed by atoms with Crippen LogP contribution in [0.1, 0.15) is 21.6 Å². The first-order chi connectivity index (χ1) is 7.74. The largest absolute Gasteiger partial charge is 0.460 e. The molecule has 7 heteroatoms. The van der Waals surface area contributed by atoms with E-state index in [-0.39, 0.29) is 13.0 Å². The third-order valence-corrected chi connectivity index (χ3v) is 1.66. The lowest BCUT2D eigenvalue weighted by Gasteiger charge is -2.14. The van der Waals surface area contributed by atoms with Gasteiger partial charge in [0.05, 0.1) is 13.7 Å². The molecule has 0 radical (unpaired) electrons. The maximum absolute atomic E-state index is 11.3. The fourth-order valence-corrected chi connectivity index (χ4v) is 1.12. The molecule has 0 aromatic rings. The van der Waals surface area contributed by atoms with Crippen LogP contribution < -0.4 is 11.1 Å². The molecule has 0 saturated carbocycles. The molecule has 94 valence electrons. The smallest absolute Gasteiger partial charge is 0.332 e. The van der Waals surface area contributed by atoms with E-state index in [2.05, 4.69) is 5.32 Å². The molecule has 0 rings (SSSR count). The summed E-state index contributed by atoms with van der Waals surface area (Å²) in [5, 5.41) is 2.21. The van der Waals surface area contributed by atoms with Gasteiger partial charge in [-0.3, -0.25) is 4.79 Å². The summed E-state index contributed by atoms with van der Waals surface area (Å²) in [7, 11) is 1.96. The van der Waals surface area contributed by atoms with Gasteiger partial charge in [0.25, 0.3) is 0 Å². The number of hydrogen-bond acceptors (Lipinski definition) is 5. The van der Waals surface area contributed by atoms with Gasteiger partial charge >= 0.3 is 5.97 Å². The van der Waals surface area contributed by atoms with Crippen molar-refractivity contribution in [2.45, 2.75) is 32.3 Å². The van der Waals surface area contributed by atoms with Crippen LogP contribution in [0.25, 0.3) is 0 Å². The Bertz CT molecular complexity index is 270. The highest BCUT2D eigenvalue weighted by Crippen LogP contribution is 1.99. The lowest BCUT2D eigenvalue weighted by atomic mass is 10.3. The van der Waals surface area contributed by atoms with Crippen LogP contribution in [0.15, 0.2) is 0 Å². The van der Waals surface area contributed by atoms with Crippen molar-refractivity contribution in [1.82, 2.24) is 5.32 Å². The molecular formula is C9H19N2O4P. The Labute approximate surface area is 98.8 Å². The Morgan fingerprint density at radius 2 is 2.25 bits per heavy atom. The van der Waals surface area contributed by atoms with Crippen LogP contribution in [0.3, 0.4) is 0 Å². The number of carbonyl (C=O) groups excluding carboxylic acids is 2. The van der Waals surface area contributed by atoms with Crippen LogP contribution in [-0.2, 0) is 19.1 Å². The van der Waals surface area contributed by atoms with Crippen molar-refractivity contribution in [2.24, 2.45) is 5.73 Å². The van der Waals surface area contributed by atoms with Crippen LogP contribution in [0, 0.1) is 0 Å². The molecule has 3 N–H and O–H groups in total. The van der Waals surface area contributed by atoms with Gasteiger partial charge in [-0.25, -0.2) is 4.79 Å². The van der Waals surface area contributed by atoms with E-state index in [0.29, 0.717) is 6.61 Å². The van der Waals surface area contributed by atoms with Gasteiger partial charge in [0, 0.05) is 6.61 Å². The van der Waals surface area contributed by atoms with Gasteiger partial charge in [0.1, 0.15) is 12.7 Å². The normalized spacial score (nSPS) is 16.9. The number of carbonyl (C=O) groups is 2. The first-order valence-electron chi connectivity index (χ1n) is 5.40. The molecule has 0 aromatic carbocycles. The van der Waals surface area contributed by atoms with Gasteiger partial charge in [-0.2, -0.15) is 0 Å². The van der Waals surface area contributed by atoms with E-state index in [1.807, 2.05) is 9.24 Å². The molecule has 0 aromatic heterocycles. The summed E-state index contributed by atoms with van der Waals surface area (Å²) >= 11 is 0. The summed E-state index contributed by atoms with van der Waals surface area (Å²) in [6, 6.07) is 0. The molecule has 0 aliphatic heterocycles. The Hall–Kier alpha value is -0.710. The predicted octanol–water partition coefficient (Wildman–Crippen LogP) is -0.422. The number of hydrogen-bond donors (Lipinski definition) is 2. The van der Waals surface area contributed by atoms with Crippen molar-refractivity contribution in [3.05, 3.63) is 0 Å². The Morgan fingerprint density at radius 3 is 2.75 bits per heavy atom. The molecule has 0 fully saturated rings. The first-order valence-corrected chi connectivity index (χ1v) is 5.48. The van der Waals surface area contributed by atoms with Crippen molar-refractivity contribution in [3.63, 3.8) is 0 Å². The van der Waals surface area contributed by atoms with E-state index >= 15 is 0 Å². The number of nitrogens with two attached hydrogens (primary N) is 1. The van der Waals surface area contributed by atoms with Gasteiger partial charge in [-0.05, 0) is 13.8 Å². The molecule has 1 amide bonds. The van der Waals surface area contributed by atoms with Crippen molar-refractivity contribution in [3.8, 4) is 0 Å². The standard InChI is InChI=1S/C9H19N2O4P/c1-3-14-5-8(13)15-6(2)4-7(12)11-9(10)16/h6,9H,3-5,10,16H2,1-2H3,(H,11,12)/i9D. The quantitative estimate of drug-likeness (QED) is 0.364. The van der Waals surface area contributed by atoms with E-state index in [4.69, 9.17) is 16.6 Å². The molecule has 0 aliphatic carbocycles. The lowest BCUT2D eigenvalue weighted by molar-refractivity contribution is -0.154. The summed E-state index contributed by atoms with van der Waals surface area (Å²) in [5.74, 6) is -2.59. The van der Waals surface area contributed by atoms with Gasteiger partial charge in [-0.15, -0.1) is 0 Å². The van der Waals surface area contributed by atoms with Crippen LogP contribution >= 0.6 is 9.24 Å². The minimum absolute atomic E-state index is 0.0515. The highest BCUT2D eigenvalue weighted by molar-refractivity contribution is 7.17. The molecule has 0 heterocycles. The number of amides is 1. The van der Waals surface area contributed by atoms with E-state index < -0.39 is 23.9 Å². The van der Waals surface area contributed by atoms with E-state index in [9.17, 15) is 9.59 Å².